The fourth-order valence-electron chi connectivity index (χ4n) is 5.96. The number of nitrogens with one attached hydrogen (secondary N) is 2. The lowest BCUT2D eigenvalue weighted by atomic mass is 9.90. The Labute approximate surface area is 271 Å². The van der Waals surface area contributed by atoms with E-state index < -0.39 is 18.2 Å². The Morgan fingerprint density at radius 3 is 2.28 bits per heavy atom. The Kier molecular flexibility index (Phi) is 15.9. The van der Waals surface area contributed by atoms with Crippen LogP contribution < -0.4 is 8.85 Å². The Hall–Kier alpha value is -2.25. The molecule has 10 nitrogen and oxygen atoms in total. The third-order valence-electron chi connectivity index (χ3n) is 8.48. The second-order valence-corrected chi connectivity index (χ2v) is 12.5. The molecule has 2 rings (SSSR count). The number of methoxy groups -OCH3 is 2. The summed E-state index contributed by atoms with van der Waals surface area (Å²) in [4.78, 5) is 56.0. The van der Waals surface area contributed by atoms with Crippen molar-refractivity contribution in [1.29, 1.82) is 0 Å². The van der Waals surface area contributed by atoms with Crippen LogP contribution >= 0.6 is 22.9 Å². The molecule has 0 bridgehead atoms. The number of hydrogen-bond donors (Lipinski definition) is 2. The van der Waals surface area contributed by atoms with Crippen molar-refractivity contribution < 1.29 is 28.7 Å². The molecule has 1 aromatic carbocycles. The normalized spacial score (nSPS) is 18.4. The van der Waals surface area contributed by atoms with E-state index in [1.54, 1.807) is 53.9 Å². The third kappa shape index (κ3) is 11.0. The van der Waals surface area contributed by atoms with Gasteiger partial charge in [-0.15, -0.1) is 0 Å². The summed E-state index contributed by atoms with van der Waals surface area (Å²) < 4.78 is 14.3. The topological polar surface area (TPSA) is 117 Å². The number of likely N-dealkylation sites (tertiary alicyclic amines) is 1. The van der Waals surface area contributed by atoms with Gasteiger partial charge in [-0.3, -0.25) is 22.7 Å². The van der Waals surface area contributed by atoms with Crippen molar-refractivity contribution in [2.45, 2.75) is 103 Å². The summed E-state index contributed by atoms with van der Waals surface area (Å²) >= 11 is 1.78. The van der Waals surface area contributed by atoms with Gasteiger partial charge in [0.25, 0.3) is 5.91 Å². The second kappa shape index (κ2) is 18.5. The van der Waals surface area contributed by atoms with Crippen molar-refractivity contribution in [3.8, 4) is 0 Å². The lowest BCUT2D eigenvalue weighted by Crippen LogP contribution is -2.52. The average Bonchev–Trinajstić information content (AvgIpc) is 3.48. The van der Waals surface area contributed by atoms with E-state index in [-0.39, 0.29) is 60.4 Å². The lowest BCUT2D eigenvalue weighted by Gasteiger charge is -2.39. The zero-order valence-electron chi connectivity index (χ0n) is 26.8. The molecule has 1 saturated heterocycles. The summed E-state index contributed by atoms with van der Waals surface area (Å²) in [5, 5.41) is 2.86. The standard InChI is InChI=1S/C32H51IN4O6/c1-8-22(4)31(36(5)29(39)17-21(2)3)27(43-7)20-30(40)37-16-12-15-25(37)26(42-6)19-28(38)34-24(32(41)35-33)18-23-13-10-9-11-14-23/h9-11,13-14,21-22,24-27,31H,8,12,15-20H2,1-7H3,(H,34,38)(H,35,41). The molecule has 242 valence electrons. The predicted molar refractivity (Wildman–Crippen MR) is 175 cm³/mol. The van der Waals surface area contributed by atoms with Gasteiger partial charge in [-0.2, -0.15) is 0 Å². The molecule has 0 radical (unpaired) electrons. The summed E-state index contributed by atoms with van der Waals surface area (Å²) in [6.07, 6.45) is 2.27. The van der Waals surface area contributed by atoms with Crippen LogP contribution in [0.3, 0.4) is 0 Å². The molecule has 4 amide bonds. The molecule has 6 atom stereocenters. The fraction of sp³-hybridized carbons (Fsp3) is 0.688. The minimum atomic E-state index is -0.735. The predicted octanol–water partition coefficient (Wildman–Crippen LogP) is 3.90. The van der Waals surface area contributed by atoms with Gasteiger partial charge in [-0.25, -0.2) is 0 Å². The maximum atomic E-state index is 13.8. The first-order valence-electron chi connectivity index (χ1n) is 15.3. The maximum absolute atomic E-state index is 13.8. The summed E-state index contributed by atoms with van der Waals surface area (Å²) in [5.41, 5.74) is 0.934. The van der Waals surface area contributed by atoms with Gasteiger partial charge in [-0.05, 0) is 30.2 Å². The van der Waals surface area contributed by atoms with Crippen molar-refractivity contribution in [3.05, 3.63) is 35.9 Å². The van der Waals surface area contributed by atoms with Gasteiger partial charge < -0.3 is 24.6 Å². The SMILES string of the molecule is CCC(C)C(C(CC(=O)N1CCCC1C(CC(=O)NC(Cc1ccccc1)C(=O)NI)OC)OC)N(C)C(=O)CC(C)C. The molecule has 1 fully saturated rings. The van der Waals surface area contributed by atoms with E-state index in [1.807, 2.05) is 44.2 Å². The number of benzene rings is 1. The van der Waals surface area contributed by atoms with Crippen molar-refractivity contribution >= 4 is 46.5 Å². The number of hydrogen-bond acceptors (Lipinski definition) is 6. The van der Waals surface area contributed by atoms with Crippen LogP contribution in [0.1, 0.15) is 71.8 Å². The minimum Gasteiger partial charge on any atom is -0.379 e. The lowest BCUT2D eigenvalue weighted by molar-refractivity contribution is -0.145. The molecule has 43 heavy (non-hydrogen) atoms. The van der Waals surface area contributed by atoms with E-state index in [1.165, 1.54) is 0 Å². The Morgan fingerprint density at radius 2 is 1.72 bits per heavy atom. The molecule has 0 aliphatic carbocycles. The Bertz CT molecular complexity index is 1040. The number of carbonyl (C=O) groups is 4. The first-order valence-corrected chi connectivity index (χ1v) is 16.4. The van der Waals surface area contributed by atoms with Gasteiger partial charge in [0.1, 0.15) is 6.04 Å². The number of nitrogens with zero attached hydrogens (tertiary/aromatic N) is 2. The van der Waals surface area contributed by atoms with Crippen molar-refractivity contribution in [1.82, 2.24) is 18.6 Å². The van der Waals surface area contributed by atoms with E-state index in [0.29, 0.717) is 25.8 Å². The van der Waals surface area contributed by atoms with Crippen molar-refractivity contribution in [2.24, 2.45) is 11.8 Å². The second-order valence-electron chi connectivity index (χ2n) is 12.0. The molecule has 1 aliphatic heterocycles. The molecule has 1 aromatic rings. The number of amides is 4. The number of carbonyl (C=O) groups excluding carboxylic acids is 4. The molecule has 1 aliphatic rings. The summed E-state index contributed by atoms with van der Waals surface area (Å²) in [7, 11) is 4.94. The highest BCUT2D eigenvalue weighted by Gasteiger charge is 2.40. The number of likely N-dealkylation sites (N-methyl/N-ethyl adjacent to an activating group) is 1. The molecule has 2 N–H and O–H groups in total. The number of rotatable bonds is 17. The summed E-state index contributed by atoms with van der Waals surface area (Å²) in [6, 6.07) is 8.24. The van der Waals surface area contributed by atoms with Gasteiger partial charge in [-0.1, -0.05) is 64.4 Å². The highest BCUT2D eigenvalue weighted by Crippen LogP contribution is 2.28. The van der Waals surface area contributed by atoms with Crippen LogP contribution in [0, 0.1) is 11.8 Å². The fourth-order valence-corrected chi connectivity index (χ4v) is 6.33. The van der Waals surface area contributed by atoms with Gasteiger partial charge in [0.15, 0.2) is 0 Å². The largest absolute Gasteiger partial charge is 0.379 e. The molecule has 1 heterocycles. The number of halogens is 1. The van der Waals surface area contributed by atoms with E-state index in [0.717, 1.165) is 18.4 Å². The summed E-state index contributed by atoms with van der Waals surface area (Å²) in [5.74, 6) is -0.283. The molecule has 0 spiro atoms. The highest BCUT2D eigenvalue weighted by atomic mass is 127. The molecule has 11 heteroatoms. The van der Waals surface area contributed by atoms with Gasteiger partial charge in [0.2, 0.25) is 17.7 Å². The van der Waals surface area contributed by atoms with Crippen LogP contribution in [0.5, 0.6) is 0 Å². The molecule has 0 aromatic heterocycles. The quantitative estimate of drug-likeness (QED) is 0.187. The first-order chi connectivity index (χ1) is 20.5. The van der Waals surface area contributed by atoms with E-state index in [2.05, 4.69) is 22.7 Å². The zero-order valence-corrected chi connectivity index (χ0v) is 29.0. The summed E-state index contributed by atoms with van der Waals surface area (Å²) in [6.45, 7) is 8.76. The Balaban J connectivity index is 2.13. The third-order valence-corrected chi connectivity index (χ3v) is 9.01. The monoisotopic (exact) mass is 714 g/mol. The molecular weight excluding hydrogens is 663 g/mol. The smallest absolute Gasteiger partial charge is 0.251 e. The highest BCUT2D eigenvalue weighted by molar-refractivity contribution is 14.1. The van der Waals surface area contributed by atoms with Crippen LogP contribution in [-0.2, 0) is 35.1 Å². The molecular formula is C32H51IN4O6. The van der Waals surface area contributed by atoms with Crippen LogP contribution in [0.15, 0.2) is 30.3 Å². The maximum Gasteiger partial charge on any atom is 0.251 e. The van der Waals surface area contributed by atoms with Crippen LogP contribution in [0.2, 0.25) is 0 Å². The van der Waals surface area contributed by atoms with Crippen molar-refractivity contribution in [2.75, 3.05) is 27.8 Å². The van der Waals surface area contributed by atoms with Crippen LogP contribution in [0.25, 0.3) is 0 Å². The zero-order chi connectivity index (χ0) is 32.1. The van der Waals surface area contributed by atoms with Crippen LogP contribution in [-0.4, -0.2) is 91.6 Å². The first kappa shape index (κ1) is 36.9. The van der Waals surface area contributed by atoms with Gasteiger partial charge in [0.05, 0.1) is 60.0 Å². The van der Waals surface area contributed by atoms with E-state index >= 15 is 0 Å². The molecule has 0 saturated carbocycles. The Morgan fingerprint density at radius 1 is 1.05 bits per heavy atom. The van der Waals surface area contributed by atoms with Crippen LogP contribution in [0.4, 0.5) is 0 Å². The number of ether oxygens (including phenoxy) is 2. The van der Waals surface area contributed by atoms with E-state index in [9.17, 15) is 19.2 Å². The molecule has 6 unspecified atom stereocenters. The van der Waals surface area contributed by atoms with Gasteiger partial charge in [0, 0.05) is 40.7 Å². The van der Waals surface area contributed by atoms with Crippen molar-refractivity contribution in [3.63, 3.8) is 0 Å². The minimum absolute atomic E-state index is 0.0143. The van der Waals surface area contributed by atoms with Gasteiger partial charge >= 0.3 is 0 Å². The van der Waals surface area contributed by atoms with E-state index in [4.69, 9.17) is 9.47 Å². The average molecular weight is 715 g/mol.